The maximum atomic E-state index is 13.4. The quantitative estimate of drug-likeness (QED) is 0.337. The second kappa shape index (κ2) is 10.6. The van der Waals surface area contributed by atoms with Gasteiger partial charge in [-0.05, 0) is 31.6 Å². The summed E-state index contributed by atoms with van der Waals surface area (Å²) in [5.74, 6) is 3.54. The van der Waals surface area contributed by atoms with E-state index in [1.807, 2.05) is 6.07 Å². The molecule has 2 unspecified atom stereocenters. The van der Waals surface area contributed by atoms with Gasteiger partial charge < -0.3 is 25.2 Å². The van der Waals surface area contributed by atoms with E-state index in [2.05, 4.69) is 45.5 Å². The molecule has 3 atom stereocenters. The van der Waals surface area contributed by atoms with Gasteiger partial charge in [0.1, 0.15) is 6.04 Å². The van der Waals surface area contributed by atoms with Crippen LogP contribution >= 0.6 is 0 Å². The third-order valence-electron chi connectivity index (χ3n) is 8.19. The van der Waals surface area contributed by atoms with Crippen LogP contribution in [0.2, 0.25) is 0 Å². The van der Waals surface area contributed by atoms with Gasteiger partial charge in [0.2, 0.25) is 23.8 Å². The van der Waals surface area contributed by atoms with Crippen LogP contribution in [0.15, 0.2) is 24.7 Å². The van der Waals surface area contributed by atoms with Gasteiger partial charge in [-0.25, -0.2) is 4.98 Å². The average molecular weight is 547 g/mol. The minimum atomic E-state index is -0.397. The van der Waals surface area contributed by atoms with Crippen molar-refractivity contribution in [2.24, 2.45) is 5.92 Å². The number of hydrogen-bond donors (Lipinski definition) is 3. The molecular formula is C26H34N12O2. The van der Waals surface area contributed by atoms with Gasteiger partial charge in [0.05, 0.1) is 12.8 Å². The van der Waals surface area contributed by atoms with Gasteiger partial charge in [-0.3, -0.25) is 19.8 Å². The van der Waals surface area contributed by atoms with E-state index in [9.17, 15) is 4.79 Å². The van der Waals surface area contributed by atoms with E-state index in [0.29, 0.717) is 47.9 Å². The topological polar surface area (TPSA) is 153 Å². The molecule has 2 saturated heterocycles. The number of nitrogens with one attached hydrogen (secondary N) is 3. The summed E-state index contributed by atoms with van der Waals surface area (Å²) in [6, 6.07) is 1.87. The van der Waals surface area contributed by atoms with Crippen LogP contribution in [0.3, 0.4) is 0 Å². The Hall–Kier alpha value is -3.91. The van der Waals surface area contributed by atoms with Crippen LogP contribution < -0.4 is 20.4 Å². The molecule has 2 aliphatic carbocycles. The SMILES string of the molecule is COCCN1CCN(c2nc(Nc3cc(C4CC4)[nH]n3)nc(N3C(C(=O)Nc4cnccn4)CC4C[C@@H]43)n2)CC1. The summed E-state index contributed by atoms with van der Waals surface area (Å²) in [5.41, 5.74) is 1.13. The zero-order valence-electron chi connectivity index (χ0n) is 22.5. The highest BCUT2D eigenvalue weighted by atomic mass is 16.5. The Balaban J connectivity index is 1.16. The Labute approximate surface area is 232 Å². The smallest absolute Gasteiger partial charge is 0.248 e. The van der Waals surface area contributed by atoms with E-state index >= 15 is 0 Å². The molecule has 2 aliphatic heterocycles. The van der Waals surface area contributed by atoms with Crippen LogP contribution in [0.4, 0.5) is 29.5 Å². The molecule has 0 radical (unpaired) electrons. The Bertz CT molecular complexity index is 1340. The van der Waals surface area contributed by atoms with Crippen molar-refractivity contribution in [3.8, 4) is 0 Å². The largest absolute Gasteiger partial charge is 0.383 e. The molecule has 4 aliphatic rings. The van der Waals surface area contributed by atoms with E-state index in [4.69, 9.17) is 19.7 Å². The third kappa shape index (κ3) is 5.28. The fourth-order valence-corrected chi connectivity index (χ4v) is 5.73. The molecular weight excluding hydrogens is 512 g/mol. The number of ether oxygens (including phenoxy) is 1. The summed E-state index contributed by atoms with van der Waals surface area (Å²) >= 11 is 0. The van der Waals surface area contributed by atoms with E-state index in [1.54, 1.807) is 25.7 Å². The summed E-state index contributed by atoms with van der Waals surface area (Å²) in [5, 5.41) is 13.8. The highest BCUT2D eigenvalue weighted by Gasteiger charge is 2.55. The number of methoxy groups -OCH3 is 1. The van der Waals surface area contributed by atoms with E-state index in [1.165, 1.54) is 12.8 Å². The van der Waals surface area contributed by atoms with Crippen molar-refractivity contribution in [2.75, 3.05) is 66.9 Å². The zero-order valence-corrected chi connectivity index (χ0v) is 22.5. The van der Waals surface area contributed by atoms with Crippen LogP contribution in [-0.2, 0) is 9.53 Å². The number of carbonyl (C=O) groups excluding carboxylic acids is 1. The highest BCUT2D eigenvalue weighted by Crippen LogP contribution is 2.49. The second-order valence-electron chi connectivity index (χ2n) is 11.0. The molecule has 14 heteroatoms. The molecule has 5 heterocycles. The molecule has 40 heavy (non-hydrogen) atoms. The lowest BCUT2D eigenvalue weighted by Crippen LogP contribution is -2.48. The van der Waals surface area contributed by atoms with Crippen LogP contribution in [0.5, 0.6) is 0 Å². The van der Waals surface area contributed by atoms with Crippen LogP contribution in [-0.4, -0.2) is 104 Å². The van der Waals surface area contributed by atoms with Gasteiger partial charge in [0, 0.05) is 75.9 Å². The molecule has 14 nitrogen and oxygen atoms in total. The molecule has 0 spiro atoms. The Morgan fingerprint density at radius 1 is 1.07 bits per heavy atom. The fourth-order valence-electron chi connectivity index (χ4n) is 5.73. The Kier molecular flexibility index (Phi) is 6.63. The lowest BCUT2D eigenvalue weighted by Gasteiger charge is -2.35. The predicted octanol–water partition coefficient (Wildman–Crippen LogP) is 1.38. The number of carbonyl (C=O) groups is 1. The normalized spacial score (nSPS) is 24.2. The van der Waals surface area contributed by atoms with Gasteiger partial charge in [-0.15, -0.1) is 0 Å². The van der Waals surface area contributed by atoms with Gasteiger partial charge in [-0.2, -0.15) is 20.1 Å². The lowest BCUT2D eigenvalue weighted by molar-refractivity contribution is -0.117. The van der Waals surface area contributed by atoms with E-state index in [-0.39, 0.29) is 11.9 Å². The number of piperidine rings is 1. The number of H-pyrrole nitrogens is 1. The third-order valence-corrected chi connectivity index (χ3v) is 8.19. The van der Waals surface area contributed by atoms with Crippen molar-refractivity contribution in [2.45, 2.75) is 43.7 Å². The number of amides is 1. The van der Waals surface area contributed by atoms with Gasteiger partial charge in [-0.1, -0.05) is 0 Å². The maximum Gasteiger partial charge on any atom is 0.248 e. The van der Waals surface area contributed by atoms with Crippen molar-refractivity contribution in [3.05, 3.63) is 30.4 Å². The average Bonchev–Trinajstić information content (AvgIpc) is 3.90. The van der Waals surface area contributed by atoms with Crippen molar-refractivity contribution < 1.29 is 9.53 Å². The first kappa shape index (κ1) is 25.1. The standard InChI is InChI=1S/C26H34N12O2/c1-40-11-10-36-6-8-37(9-7-36)25-31-24(30-21-14-18(34-35-21)16-2-3-16)32-26(33-25)38-19-12-17(19)13-20(38)23(39)29-22-15-27-4-5-28-22/h4-5,14-17,19-20H,2-3,6-13H2,1H3,(H,28,29,39)(H2,30,31,32,33,34,35)/t17?,19-,20?/m0/s1. The molecule has 4 fully saturated rings. The monoisotopic (exact) mass is 546 g/mol. The summed E-state index contributed by atoms with van der Waals surface area (Å²) < 4.78 is 5.25. The van der Waals surface area contributed by atoms with Crippen LogP contribution in [0.25, 0.3) is 0 Å². The minimum Gasteiger partial charge on any atom is -0.383 e. The lowest BCUT2D eigenvalue weighted by atomic mass is 10.1. The molecule has 3 aromatic rings. The first-order valence-electron chi connectivity index (χ1n) is 14.0. The van der Waals surface area contributed by atoms with E-state index in [0.717, 1.165) is 51.3 Å². The number of anilines is 5. The minimum absolute atomic E-state index is 0.127. The number of nitrogens with zero attached hydrogens (tertiary/aromatic N) is 9. The fraction of sp³-hybridized carbons (Fsp3) is 0.577. The summed E-state index contributed by atoms with van der Waals surface area (Å²) in [4.78, 5) is 42.9. The summed E-state index contributed by atoms with van der Waals surface area (Å²) in [7, 11) is 1.73. The van der Waals surface area contributed by atoms with Gasteiger partial charge >= 0.3 is 0 Å². The van der Waals surface area contributed by atoms with Crippen molar-refractivity contribution in [1.29, 1.82) is 0 Å². The zero-order chi connectivity index (χ0) is 27.1. The molecule has 1 amide bonds. The van der Waals surface area contributed by atoms with Crippen molar-refractivity contribution in [1.82, 2.24) is 40.0 Å². The second-order valence-corrected chi connectivity index (χ2v) is 11.0. The van der Waals surface area contributed by atoms with E-state index < -0.39 is 6.04 Å². The molecule has 2 saturated carbocycles. The number of aromatic nitrogens is 7. The number of piperazine rings is 1. The van der Waals surface area contributed by atoms with Crippen LogP contribution in [0.1, 0.15) is 37.3 Å². The summed E-state index contributed by atoms with van der Waals surface area (Å²) in [6.45, 7) is 5.00. The van der Waals surface area contributed by atoms with Gasteiger partial charge in [0.15, 0.2) is 11.6 Å². The highest BCUT2D eigenvalue weighted by molar-refractivity contribution is 5.96. The number of aromatic amines is 1. The molecule has 7 rings (SSSR count). The first-order chi connectivity index (χ1) is 19.6. The maximum absolute atomic E-state index is 13.4. The molecule has 3 aromatic heterocycles. The van der Waals surface area contributed by atoms with Crippen LogP contribution in [0, 0.1) is 5.92 Å². The Morgan fingerprint density at radius 2 is 1.93 bits per heavy atom. The molecule has 0 bridgehead atoms. The first-order valence-corrected chi connectivity index (χ1v) is 14.0. The Morgan fingerprint density at radius 3 is 2.70 bits per heavy atom. The number of rotatable bonds is 10. The molecule has 3 N–H and O–H groups in total. The predicted molar refractivity (Wildman–Crippen MR) is 148 cm³/mol. The summed E-state index contributed by atoms with van der Waals surface area (Å²) in [6.07, 6.45) is 8.85. The number of hydrogen-bond acceptors (Lipinski definition) is 12. The number of fused-ring (bicyclic) bond motifs is 1. The van der Waals surface area contributed by atoms with Crippen molar-refractivity contribution >= 4 is 35.4 Å². The van der Waals surface area contributed by atoms with Crippen molar-refractivity contribution in [3.63, 3.8) is 0 Å². The molecule has 0 aromatic carbocycles. The van der Waals surface area contributed by atoms with Gasteiger partial charge in [0.25, 0.3) is 0 Å². The molecule has 210 valence electrons.